The molecule has 2 N–H and O–H groups in total. The Morgan fingerprint density at radius 2 is 1.89 bits per heavy atom. The average Bonchev–Trinajstić information content (AvgIpc) is 2.40. The van der Waals surface area contributed by atoms with Crippen molar-refractivity contribution in [1.29, 1.82) is 0 Å². The number of rotatable bonds is 10. The molecule has 0 aliphatic heterocycles. The van der Waals surface area contributed by atoms with Crippen molar-refractivity contribution in [2.45, 2.75) is 12.8 Å². The molecule has 0 heterocycles. The van der Waals surface area contributed by atoms with Crippen LogP contribution in [0.2, 0.25) is 0 Å². The number of nitrogens with two attached hydrogens (primary N) is 1. The van der Waals surface area contributed by atoms with Gasteiger partial charge in [0.2, 0.25) is 0 Å². The first-order valence-electron chi connectivity index (χ1n) is 6.35. The van der Waals surface area contributed by atoms with Crippen molar-refractivity contribution in [3.05, 3.63) is 29.8 Å². The molecular formula is C14H23NO2S. The normalized spacial score (nSPS) is 10.6. The maximum absolute atomic E-state index is 5.66. The molecular weight excluding hydrogens is 246 g/mol. The van der Waals surface area contributed by atoms with Gasteiger partial charge < -0.3 is 15.2 Å². The number of ether oxygens (including phenoxy) is 2. The zero-order chi connectivity index (χ0) is 13.1. The van der Waals surface area contributed by atoms with Gasteiger partial charge in [-0.2, -0.15) is 11.8 Å². The zero-order valence-electron chi connectivity index (χ0n) is 11.1. The van der Waals surface area contributed by atoms with E-state index in [1.54, 1.807) is 7.11 Å². The lowest BCUT2D eigenvalue weighted by Gasteiger charge is -2.07. The lowest BCUT2D eigenvalue weighted by Crippen LogP contribution is -2.03. The standard InChI is InChI=1S/C14H23NO2S/c1-16-9-2-11-18-12-10-17-14-5-3-13(4-6-14)7-8-15/h3-6H,2,7-12,15H2,1H3. The molecule has 0 saturated heterocycles. The second-order valence-electron chi connectivity index (χ2n) is 3.99. The minimum Gasteiger partial charge on any atom is -0.493 e. The third-order valence-electron chi connectivity index (χ3n) is 2.49. The van der Waals surface area contributed by atoms with Crippen LogP contribution in [0.4, 0.5) is 0 Å². The lowest BCUT2D eigenvalue weighted by molar-refractivity contribution is 0.200. The summed E-state index contributed by atoms with van der Waals surface area (Å²) in [6.45, 7) is 2.29. The first-order valence-corrected chi connectivity index (χ1v) is 7.50. The number of methoxy groups -OCH3 is 1. The van der Waals surface area contributed by atoms with E-state index in [1.165, 1.54) is 5.56 Å². The predicted octanol–water partition coefficient (Wildman–Crippen LogP) is 2.34. The Balaban J connectivity index is 2.08. The van der Waals surface area contributed by atoms with Gasteiger partial charge in [-0.05, 0) is 42.8 Å². The quantitative estimate of drug-likeness (QED) is 0.662. The lowest BCUT2D eigenvalue weighted by atomic mass is 10.1. The van der Waals surface area contributed by atoms with Gasteiger partial charge >= 0.3 is 0 Å². The fourth-order valence-electron chi connectivity index (χ4n) is 1.54. The molecule has 18 heavy (non-hydrogen) atoms. The van der Waals surface area contributed by atoms with E-state index in [1.807, 2.05) is 23.9 Å². The van der Waals surface area contributed by atoms with Crippen LogP contribution in [0.1, 0.15) is 12.0 Å². The van der Waals surface area contributed by atoms with Gasteiger partial charge in [-0.1, -0.05) is 12.1 Å². The molecule has 3 nitrogen and oxygen atoms in total. The molecule has 0 aromatic heterocycles. The summed E-state index contributed by atoms with van der Waals surface area (Å²) in [5.41, 5.74) is 6.77. The average molecular weight is 269 g/mol. The molecule has 0 bridgehead atoms. The number of thioether (sulfide) groups is 1. The molecule has 0 aliphatic carbocycles. The molecule has 1 aromatic rings. The summed E-state index contributed by atoms with van der Waals surface area (Å²) in [6, 6.07) is 8.18. The van der Waals surface area contributed by atoms with Gasteiger partial charge in [-0.25, -0.2) is 0 Å². The molecule has 4 heteroatoms. The van der Waals surface area contributed by atoms with Crippen molar-refractivity contribution in [1.82, 2.24) is 0 Å². The number of hydrogen-bond acceptors (Lipinski definition) is 4. The molecule has 0 radical (unpaired) electrons. The Kier molecular flexibility index (Phi) is 8.73. The Morgan fingerprint density at radius 3 is 2.56 bits per heavy atom. The SMILES string of the molecule is COCCCSCCOc1ccc(CCN)cc1. The van der Waals surface area contributed by atoms with Crippen LogP contribution >= 0.6 is 11.8 Å². The van der Waals surface area contributed by atoms with Gasteiger partial charge in [0.05, 0.1) is 6.61 Å². The molecule has 0 atom stereocenters. The van der Waals surface area contributed by atoms with Crippen LogP contribution in [0.15, 0.2) is 24.3 Å². The van der Waals surface area contributed by atoms with E-state index in [-0.39, 0.29) is 0 Å². The minimum atomic E-state index is 0.693. The maximum Gasteiger partial charge on any atom is 0.119 e. The highest BCUT2D eigenvalue weighted by Gasteiger charge is 1.96. The monoisotopic (exact) mass is 269 g/mol. The van der Waals surface area contributed by atoms with E-state index in [4.69, 9.17) is 15.2 Å². The van der Waals surface area contributed by atoms with Gasteiger partial charge in [-0.15, -0.1) is 0 Å². The Labute approximate surface area is 114 Å². The molecule has 1 rings (SSSR count). The molecule has 0 fully saturated rings. The molecule has 0 spiro atoms. The van der Waals surface area contributed by atoms with Crippen LogP contribution in [0, 0.1) is 0 Å². The van der Waals surface area contributed by atoms with Crippen molar-refractivity contribution in [3.63, 3.8) is 0 Å². The molecule has 0 aliphatic rings. The minimum absolute atomic E-state index is 0.693. The van der Waals surface area contributed by atoms with Gasteiger partial charge in [0, 0.05) is 19.5 Å². The van der Waals surface area contributed by atoms with Crippen LogP contribution in [-0.4, -0.2) is 38.4 Å². The summed E-state index contributed by atoms with van der Waals surface area (Å²) >= 11 is 1.90. The van der Waals surface area contributed by atoms with E-state index < -0.39 is 0 Å². The fraction of sp³-hybridized carbons (Fsp3) is 0.571. The smallest absolute Gasteiger partial charge is 0.119 e. The van der Waals surface area contributed by atoms with Crippen LogP contribution in [0.25, 0.3) is 0 Å². The predicted molar refractivity (Wildman–Crippen MR) is 78.5 cm³/mol. The molecule has 0 unspecified atom stereocenters. The fourth-order valence-corrected chi connectivity index (χ4v) is 2.27. The van der Waals surface area contributed by atoms with Gasteiger partial charge in [0.1, 0.15) is 5.75 Å². The van der Waals surface area contributed by atoms with Crippen molar-refractivity contribution >= 4 is 11.8 Å². The summed E-state index contributed by atoms with van der Waals surface area (Å²) < 4.78 is 10.7. The highest BCUT2D eigenvalue weighted by Crippen LogP contribution is 2.13. The maximum atomic E-state index is 5.66. The summed E-state index contributed by atoms with van der Waals surface area (Å²) in [4.78, 5) is 0. The van der Waals surface area contributed by atoms with E-state index >= 15 is 0 Å². The Morgan fingerprint density at radius 1 is 1.11 bits per heavy atom. The van der Waals surface area contributed by atoms with E-state index in [2.05, 4.69) is 12.1 Å². The summed E-state index contributed by atoms with van der Waals surface area (Å²) in [6.07, 6.45) is 2.03. The molecule has 1 aromatic carbocycles. The first kappa shape index (κ1) is 15.3. The van der Waals surface area contributed by atoms with Crippen molar-refractivity contribution in [2.24, 2.45) is 5.73 Å². The summed E-state index contributed by atoms with van der Waals surface area (Å²) in [5, 5.41) is 0. The van der Waals surface area contributed by atoms with Crippen LogP contribution in [0.3, 0.4) is 0 Å². The van der Waals surface area contributed by atoms with Crippen molar-refractivity contribution in [2.75, 3.05) is 38.4 Å². The first-order chi connectivity index (χ1) is 8.86. The third-order valence-corrected chi connectivity index (χ3v) is 3.52. The van der Waals surface area contributed by atoms with Gasteiger partial charge in [0.25, 0.3) is 0 Å². The highest BCUT2D eigenvalue weighted by atomic mass is 32.2. The van der Waals surface area contributed by atoms with Gasteiger partial charge in [-0.3, -0.25) is 0 Å². The van der Waals surface area contributed by atoms with Crippen molar-refractivity contribution in [3.8, 4) is 5.75 Å². The van der Waals surface area contributed by atoms with Crippen LogP contribution in [0.5, 0.6) is 5.75 Å². The van der Waals surface area contributed by atoms with E-state index in [9.17, 15) is 0 Å². The van der Waals surface area contributed by atoms with E-state index in [0.717, 1.165) is 43.3 Å². The molecule has 0 amide bonds. The Hall–Kier alpha value is -0.710. The summed E-state index contributed by atoms with van der Waals surface area (Å²) in [7, 11) is 1.74. The summed E-state index contributed by atoms with van der Waals surface area (Å²) in [5.74, 6) is 3.09. The van der Waals surface area contributed by atoms with Crippen LogP contribution < -0.4 is 10.5 Å². The number of hydrogen-bond donors (Lipinski definition) is 1. The number of benzene rings is 1. The van der Waals surface area contributed by atoms with Crippen LogP contribution in [-0.2, 0) is 11.2 Å². The second-order valence-corrected chi connectivity index (χ2v) is 5.21. The molecule has 102 valence electrons. The zero-order valence-corrected chi connectivity index (χ0v) is 11.9. The topological polar surface area (TPSA) is 44.5 Å². The van der Waals surface area contributed by atoms with Crippen molar-refractivity contribution < 1.29 is 9.47 Å². The van der Waals surface area contributed by atoms with Gasteiger partial charge in [0.15, 0.2) is 0 Å². The largest absolute Gasteiger partial charge is 0.493 e. The van der Waals surface area contributed by atoms with E-state index in [0.29, 0.717) is 6.54 Å². The third kappa shape index (κ3) is 6.89. The highest BCUT2D eigenvalue weighted by molar-refractivity contribution is 7.99. The molecule has 0 saturated carbocycles. The second kappa shape index (κ2) is 10.2. The Bertz CT molecular complexity index is 303.